The molecule has 6 heteroatoms. The molecular weight excluding hydrogens is 261 g/mol. The molecule has 0 fully saturated rings. The molecule has 2 aromatic rings. The van der Waals surface area contributed by atoms with Crippen LogP contribution in [-0.2, 0) is 0 Å². The van der Waals surface area contributed by atoms with Gasteiger partial charge in [-0.05, 0) is 30.4 Å². The predicted octanol–water partition coefficient (Wildman–Crippen LogP) is 3.85. The standard InChI is InChI=1S/C11H11ClFN3S/c1-6(2)10-14-15-11(17)16(10)9-5-7(12)3-4-8(9)13/h3-6H,1-2H3,(H,15,17). The second kappa shape index (κ2) is 4.58. The van der Waals surface area contributed by atoms with Crippen LogP contribution in [0.25, 0.3) is 5.69 Å². The van der Waals surface area contributed by atoms with Gasteiger partial charge < -0.3 is 0 Å². The number of H-pyrrole nitrogens is 1. The number of rotatable bonds is 2. The Morgan fingerprint density at radius 3 is 2.82 bits per heavy atom. The topological polar surface area (TPSA) is 33.6 Å². The molecule has 1 N–H and O–H groups in total. The van der Waals surface area contributed by atoms with Gasteiger partial charge in [-0.3, -0.25) is 9.67 Å². The van der Waals surface area contributed by atoms with Crippen LogP contribution < -0.4 is 0 Å². The van der Waals surface area contributed by atoms with Crippen LogP contribution in [-0.4, -0.2) is 14.8 Å². The van der Waals surface area contributed by atoms with Gasteiger partial charge in [-0.25, -0.2) is 4.39 Å². The number of benzene rings is 1. The Morgan fingerprint density at radius 2 is 2.18 bits per heavy atom. The van der Waals surface area contributed by atoms with Crippen LogP contribution in [0.15, 0.2) is 18.2 Å². The summed E-state index contributed by atoms with van der Waals surface area (Å²) >= 11 is 11.0. The second-order valence-electron chi connectivity index (χ2n) is 3.97. The van der Waals surface area contributed by atoms with Crippen molar-refractivity contribution in [1.82, 2.24) is 14.8 Å². The first kappa shape index (κ1) is 12.3. The first-order chi connectivity index (χ1) is 8.00. The van der Waals surface area contributed by atoms with E-state index in [4.69, 9.17) is 23.8 Å². The molecule has 0 bridgehead atoms. The summed E-state index contributed by atoms with van der Waals surface area (Å²) < 4.78 is 15.7. The molecule has 90 valence electrons. The third-order valence-corrected chi connectivity index (χ3v) is 2.87. The largest absolute Gasteiger partial charge is 0.269 e. The van der Waals surface area contributed by atoms with Crippen molar-refractivity contribution >= 4 is 23.8 Å². The zero-order chi connectivity index (χ0) is 12.6. The zero-order valence-corrected chi connectivity index (χ0v) is 10.9. The van der Waals surface area contributed by atoms with Crippen molar-refractivity contribution in [1.29, 1.82) is 0 Å². The maximum atomic E-state index is 13.8. The number of aromatic nitrogens is 3. The molecule has 0 saturated heterocycles. The van der Waals surface area contributed by atoms with E-state index in [1.54, 1.807) is 4.57 Å². The molecule has 2 rings (SSSR count). The lowest BCUT2D eigenvalue weighted by atomic mass is 10.2. The van der Waals surface area contributed by atoms with E-state index >= 15 is 0 Å². The van der Waals surface area contributed by atoms with Gasteiger partial charge in [-0.1, -0.05) is 25.4 Å². The smallest absolute Gasteiger partial charge is 0.199 e. The van der Waals surface area contributed by atoms with Gasteiger partial charge in [0.25, 0.3) is 0 Å². The molecule has 0 aliphatic heterocycles. The quantitative estimate of drug-likeness (QED) is 0.842. The highest BCUT2D eigenvalue weighted by Gasteiger charge is 2.15. The Labute approximate surface area is 108 Å². The molecule has 0 aliphatic rings. The number of halogens is 2. The summed E-state index contributed by atoms with van der Waals surface area (Å²) in [5, 5.41) is 7.23. The summed E-state index contributed by atoms with van der Waals surface area (Å²) in [5.74, 6) is 0.422. The maximum Gasteiger partial charge on any atom is 0.199 e. The summed E-state index contributed by atoms with van der Waals surface area (Å²) in [6.45, 7) is 3.92. The lowest BCUT2D eigenvalue weighted by Crippen LogP contribution is -2.05. The maximum absolute atomic E-state index is 13.8. The summed E-state index contributed by atoms with van der Waals surface area (Å²) in [6.07, 6.45) is 0. The van der Waals surface area contributed by atoms with E-state index in [2.05, 4.69) is 10.2 Å². The molecule has 0 spiro atoms. The Bertz CT molecular complexity index is 603. The van der Waals surface area contributed by atoms with Gasteiger partial charge in [0.15, 0.2) is 4.77 Å². The third kappa shape index (κ3) is 2.25. The van der Waals surface area contributed by atoms with Crippen molar-refractivity contribution in [3.05, 3.63) is 39.6 Å². The highest BCUT2D eigenvalue weighted by molar-refractivity contribution is 7.71. The van der Waals surface area contributed by atoms with Crippen LogP contribution in [0.3, 0.4) is 0 Å². The molecule has 0 atom stereocenters. The number of nitrogens with zero attached hydrogens (tertiary/aromatic N) is 2. The van der Waals surface area contributed by atoms with E-state index < -0.39 is 0 Å². The van der Waals surface area contributed by atoms with Crippen LogP contribution in [0.1, 0.15) is 25.6 Å². The highest BCUT2D eigenvalue weighted by atomic mass is 35.5. The van der Waals surface area contributed by atoms with Crippen molar-refractivity contribution in [2.45, 2.75) is 19.8 Å². The van der Waals surface area contributed by atoms with Crippen LogP contribution in [0.2, 0.25) is 5.02 Å². The lowest BCUT2D eigenvalue weighted by Gasteiger charge is -2.10. The highest BCUT2D eigenvalue weighted by Crippen LogP contribution is 2.23. The third-order valence-electron chi connectivity index (χ3n) is 2.36. The fourth-order valence-electron chi connectivity index (χ4n) is 1.59. The van der Waals surface area contributed by atoms with Crippen LogP contribution in [0.5, 0.6) is 0 Å². The van der Waals surface area contributed by atoms with Crippen molar-refractivity contribution in [2.75, 3.05) is 0 Å². The summed E-state index contributed by atoms with van der Waals surface area (Å²) in [5.41, 5.74) is 0.319. The fourth-order valence-corrected chi connectivity index (χ4v) is 1.99. The van der Waals surface area contributed by atoms with Crippen LogP contribution in [0.4, 0.5) is 4.39 Å². The molecule has 1 aromatic carbocycles. The second-order valence-corrected chi connectivity index (χ2v) is 4.80. The molecular formula is C11H11ClFN3S. The van der Waals surface area contributed by atoms with Crippen LogP contribution in [0, 0.1) is 10.6 Å². The van der Waals surface area contributed by atoms with Crippen LogP contribution >= 0.6 is 23.8 Å². The summed E-state index contributed by atoms with van der Waals surface area (Å²) in [4.78, 5) is 0. The van der Waals surface area contributed by atoms with Gasteiger partial charge in [0.2, 0.25) is 0 Å². The fraction of sp³-hybridized carbons (Fsp3) is 0.273. The molecule has 0 unspecified atom stereocenters. The van der Waals surface area contributed by atoms with E-state index in [0.29, 0.717) is 21.3 Å². The van der Waals surface area contributed by atoms with Crippen molar-refractivity contribution < 1.29 is 4.39 Å². The van der Waals surface area contributed by atoms with Crippen molar-refractivity contribution in [3.8, 4) is 5.69 Å². The van der Waals surface area contributed by atoms with Gasteiger partial charge in [0.05, 0.1) is 5.69 Å². The first-order valence-electron chi connectivity index (χ1n) is 5.13. The number of aromatic amines is 1. The Balaban J connectivity index is 2.72. The Hall–Kier alpha value is -1.20. The van der Waals surface area contributed by atoms with Gasteiger partial charge in [0.1, 0.15) is 11.6 Å². The predicted molar refractivity (Wildman–Crippen MR) is 67.8 cm³/mol. The van der Waals surface area contributed by atoms with Crippen molar-refractivity contribution in [3.63, 3.8) is 0 Å². The van der Waals surface area contributed by atoms with E-state index in [0.717, 1.165) is 0 Å². The lowest BCUT2D eigenvalue weighted by molar-refractivity contribution is 0.611. The molecule has 3 nitrogen and oxygen atoms in total. The van der Waals surface area contributed by atoms with E-state index in [1.165, 1.54) is 18.2 Å². The number of nitrogens with one attached hydrogen (secondary N) is 1. The Kier molecular flexibility index (Phi) is 3.31. The number of hydrogen-bond donors (Lipinski definition) is 1. The molecule has 1 heterocycles. The normalized spacial score (nSPS) is 11.1. The van der Waals surface area contributed by atoms with Crippen molar-refractivity contribution in [2.24, 2.45) is 0 Å². The average Bonchev–Trinajstić information content (AvgIpc) is 2.64. The monoisotopic (exact) mass is 271 g/mol. The number of hydrogen-bond acceptors (Lipinski definition) is 2. The van der Waals surface area contributed by atoms with Gasteiger partial charge in [-0.15, -0.1) is 0 Å². The Morgan fingerprint density at radius 1 is 1.47 bits per heavy atom. The minimum absolute atomic E-state index is 0.126. The minimum Gasteiger partial charge on any atom is -0.269 e. The average molecular weight is 272 g/mol. The zero-order valence-electron chi connectivity index (χ0n) is 9.37. The molecule has 0 amide bonds. The molecule has 0 aliphatic carbocycles. The van der Waals surface area contributed by atoms with E-state index in [-0.39, 0.29) is 11.7 Å². The summed E-state index contributed by atoms with van der Waals surface area (Å²) in [6, 6.07) is 4.35. The summed E-state index contributed by atoms with van der Waals surface area (Å²) in [7, 11) is 0. The first-order valence-corrected chi connectivity index (χ1v) is 5.92. The van der Waals surface area contributed by atoms with Gasteiger partial charge >= 0.3 is 0 Å². The van der Waals surface area contributed by atoms with E-state index in [9.17, 15) is 4.39 Å². The molecule has 1 aromatic heterocycles. The molecule has 17 heavy (non-hydrogen) atoms. The minimum atomic E-state index is -0.381. The SMILES string of the molecule is CC(C)c1n[nH]c(=S)n1-c1cc(Cl)ccc1F. The van der Waals surface area contributed by atoms with E-state index in [1.807, 2.05) is 13.8 Å². The molecule has 0 radical (unpaired) electrons. The van der Waals surface area contributed by atoms with Gasteiger partial charge in [-0.2, -0.15) is 5.10 Å². The van der Waals surface area contributed by atoms with Gasteiger partial charge in [0, 0.05) is 10.9 Å². The molecule has 0 saturated carbocycles.